The first-order valence-electron chi connectivity index (χ1n) is 24.8. The number of hydrogen-bond donors (Lipinski definition) is 0. The Morgan fingerprint density at radius 1 is 0.352 bits per heavy atom. The molecule has 2 aliphatic carbocycles. The van der Waals surface area contributed by atoms with Gasteiger partial charge < -0.3 is 9.32 Å². The minimum atomic E-state index is -0.336. The Morgan fingerprint density at radius 2 is 0.887 bits per heavy atom. The van der Waals surface area contributed by atoms with Crippen LogP contribution in [0.1, 0.15) is 48.6 Å². The van der Waals surface area contributed by atoms with Gasteiger partial charge in [0, 0.05) is 44.1 Å². The van der Waals surface area contributed by atoms with Crippen molar-refractivity contribution in [3.8, 4) is 55.6 Å². The van der Waals surface area contributed by atoms with Crippen LogP contribution in [0, 0.1) is 0 Å². The van der Waals surface area contributed by atoms with Gasteiger partial charge in [-0.2, -0.15) is 0 Å². The van der Waals surface area contributed by atoms with E-state index in [1.165, 1.54) is 77.7 Å². The molecule has 2 nitrogen and oxygen atoms in total. The zero-order valence-electron chi connectivity index (χ0n) is 39.9. The number of hydrogen-bond acceptors (Lipinski definition) is 2. The number of benzene rings is 11. The molecule has 0 fully saturated rings. The van der Waals surface area contributed by atoms with Crippen molar-refractivity contribution in [2.24, 2.45) is 0 Å². The minimum absolute atomic E-state index is 0.128. The molecule has 336 valence electrons. The van der Waals surface area contributed by atoms with Gasteiger partial charge in [-0.25, -0.2) is 0 Å². The van der Waals surface area contributed by atoms with Crippen LogP contribution in [0.25, 0.3) is 88.3 Å². The standard InChI is InChI=1S/C69H49NO/c1-68(2)61-28-13-11-24-56(61)59-27-15-26-58(66(59)68)54-22-10-9-20-51(54)45-31-36-48(37-32-45)70(50-40-42-57-55-23-12-14-29-62(55)69(3,63(57)43-50)47-18-5-4-6-19-47)49-38-33-46(34-39-49)52-25-16-30-64-65(52)60-41-35-44-17-7-8-21-53(44)67(60)71-64/h4-43H,1-3H3. The molecule has 0 bridgehead atoms. The third-order valence-corrected chi connectivity index (χ3v) is 16.0. The molecule has 2 heteroatoms. The highest BCUT2D eigenvalue weighted by molar-refractivity contribution is 6.19. The summed E-state index contributed by atoms with van der Waals surface area (Å²) in [6.07, 6.45) is 0. The van der Waals surface area contributed by atoms with Crippen LogP contribution in [0.3, 0.4) is 0 Å². The van der Waals surface area contributed by atoms with E-state index < -0.39 is 0 Å². The summed E-state index contributed by atoms with van der Waals surface area (Å²) in [5.74, 6) is 0. The van der Waals surface area contributed by atoms with Gasteiger partial charge in [-0.3, -0.25) is 0 Å². The Hall–Kier alpha value is -8.72. The normalized spacial score (nSPS) is 15.1. The van der Waals surface area contributed by atoms with E-state index in [0.717, 1.165) is 55.5 Å². The monoisotopic (exact) mass is 907 g/mol. The maximum Gasteiger partial charge on any atom is 0.143 e. The molecule has 0 radical (unpaired) electrons. The van der Waals surface area contributed by atoms with Gasteiger partial charge in [0.25, 0.3) is 0 Å². The Balaban J connectivity index is 0.906. The third kappa shape index (κ3) is 6.14. The average Bonchev–Trinajstić information content (AvgIpc) is 4.03. The van der Waals surface area contributed by atoms with Gasteiger partial charge in [0.2, 0.25) is 0 Å². The lowest BCUT2D eigenvalue weighted by Crippen LogP contribution is -2.22. The van der Waals surface area contributed by atoms with Gasteiger partial charge in [-0.15, -0.1) is 0 Å². The average molecular weight is 908 g/mol. The summed E-state index contributed by atoms with van der Waals surface area (Å²) in [5, 5.41) is 4.58. The van der Waals surface area contributed by atoms with Gasteiger partial charge in [-0.1, -0.05) is 208 Å². The second-order valence-electron chi connectivity index (χ2n) is 20.1. The molecule has 14 rings (SSSR count). The Morgan fingerprint density at radius 3 is 1.63 bits per heavy atom. The number of fused-ring (bicyclic) bond motifs is 11. The zero-order valence-corrected chi connectivity index (χ0v) is 39.9. The van der Waals surface area contributed by atoms with E-state index in [9.17, 15) is 0 Å². The molecule has 1 heterocycles. The Labute approximate surface area is 414 Å². The van der Waals surface area contributed by atoms with Crippen molar-refractivity contribution in [2.75, 3.05) is 4.90 Å². The van der Waals surface area contributed by atoms with Crippen LogP contribution in [0.4, 0.5) is 17.1 Å². The van der Waals surface area contributed by atoms with Crippen molar-refractivity contribution < 1.29 is 4.42 Å². The van der Waals surface area contributed by atoms with Crippen LogP contribution in [0.2, 0.25) is 0 Å². The molecule has 1 atom stereocenters. The fraction of sp³-hybridized carbons (Fsp3) is 0.0725. The van der Waals surface area contributed by atoms with Crippen molar-refractivity contribution in [1.29, 1.82) is 0 Å². The number of rotatable bonds is 7. The van der Waals surface area contributed by atoms with Crippen LogP contribution in [-0.4, -0.2) is 0 Å². The SMILES string of the molecule is CC1(C)c2ccccc2-c2cccc(-c3ccccc3-c3ccc(N(c4ccc(-c5cccc6oc7c8ccccc8ccc7c56)cc4)c4ccc5c(c4)C(C)(c4ccccc4)c4ccccc4-5)cc3)c21. The van der Waals surface area contributed by atoms with Crippen LogP contribution >= 0.6 is 0 Å². The van der Waals surface area contributed by atoms with E-state index in [0.29, 0.717) is 0 Å². The number of furan rings is 1. The fourth-order valence-corrected chi connectivity index (χ4v) is 12.6. The molecule has 1 unspecified atom stereocenters. The summed E-state index contributed by atoms with van der Waals surface area (Å²) in [6, 6.07) is 89.4. The van der Waals surface area contributed by atoms with E-state index in [4.69, 9.17) is 4.42 Å². The summed E-state index contributed by atoms with van der Waals surface area (Å²) < 4.78 is 6.62. The lowest BCUT2D eigenvalue weighted by molar-refractivity contribution is 0.662. The minimum Gasteiger partial charge on any atom is -0.455 e. The first-order chi connectivity index (χ1) is 34.9. The second-order valence-corrected chi connectivity index (χ2v) is 20.1. The molecular weight excluding hydrogens is 859 g/mol. The van der Waals surface area contributed by atoms with Gasteiger partial charge in [0.05, 0.1) is 0 Å². The van der Waals surface area contributed by atoms with Crippen LogP contribution < -0.4 is 4.90 Å². The lowest BCUT2D eigenvalue weighted by atomic mass is 9.74. The van der Waals surface area contributed by atoms with E-state index in [-0.39, 0.29) is 10.8 Å². The van der Waals surface area contributed by atoms with Crippen molar-refractivity contribution >= 4 is 49.8 Å². The molecule has 1 aromatic heterocycles. The molecular formula is C69H49NO. The zero-order chi connectivity index (χ0) is 47.4. The molecule has 0 aliphatic heterocycles. The maximum absolute atomic E-state index is 6.62. The quantitative estimate of drug-likeness (QED) is 0.158. The Kier molecular flexibility index (Phi) is 9.10. The van der Waals surface area contributed by atoms with E-state index >= 15 is 0 Å². The molecule has 2 aliphatic rings. The van der Waals surface area contributed by atoms with Gasteiger partial charge >= 0.3 is 0 Å². The predicted octanol–water partition coefficient (Wildman–Crippen LogP) is 18.9. The van der Waals surface area contributed by atoms with E-state index in [2.05, 4.69) is 268 Å². The topological polar surface area (TPSA) is 16.4 Å². The summed E-state index contributed by atoms with van der Waals surface area (Å²) in [7, 11) is 0. The van der Waals surface area contributed by atoms with Crippen molar-refractivity contribution in [3.05, 3.63) is 270 Å². The largest absolute Gasteiger partial charge is 0.455 e. The molecule has 12 aromatic rings. The third-order valence-electron chi connectivity index (χ3n) is 16.0. The molecule has 0 amide bonds. The molecule has 0 saturated carbocycles. The summed E-state index contributed by atoms with van der Waals surface area (Å²) >= 11 is 0. The maximum atomic E-state index is 6.62. The highest BCUT2D eigenvalue weighted by atomic mass is 16.3. The summed E-state index contributed by atoms with van der Waals surface area (Å²) in [6.45, 7) is 7.15. The molecule has 0 saturated heterocycles. The van der Waals surface area contributed by atoms with Crippen molar-refractivity contribution in [1.82, 2.24) is 0 Å². The van der Waals surface area contributed by atoms with E-state index in [1.54, 1.807) is 0 Å². The fourth-order valence-electron chi connectivity index (χ4n) is 12.6. The van der Waals surface area contributed by atoms with Gasteiger partial charge in [-0.05, 0) is 144 Å². The first-order valence-corrected chi connectivity index (χ1v) is 24.8. The number of anilines is 3. The molecule has 71 heavy (non-hydrogen) atoms. The second kappa shape index (κ2) is 15.7. The van der Waals surface area contributed by atoms with Crippen LogP contribution in [-0.2, 0) is 10.8 Å². The van der Waals surface area contributed by atoms with Crippen molar-refractivity contribution in [3.63, 3.8) is 0 Å². The van der Waals surface area contributed by atoms with Gasteiger partial charge in [0.1, 0.15) is 11.2 Å². The van der Waals surface area contributed by atoms with Gasteiger partial charge in [0.15, 0.2) is 0 Å². The number of nitrogens with zero attached hydrogens (tertiary/aromatic N) is 1. The molecule has 0 N–H and O–H groups in total. The lowest BCUT2D eigenvalue weighted by Gasteiger charge is -2.31. The summed E-state index contributed by atoms with van der Waals surface area (Å²) in [4.78, 5) is 2.43. The predicted molar refractivity (Wildman–Crippen MR) is 297 cm³/mol. The molecule has 11 aromatic carbocycles. The van der Waals surface area contributed by atoms with Crippen LogP contribution in [0.5, 0.6) is 0 Å². The summed E-state index contributed by atoms with van der Waals surface area (Å²) in [5.41, 5.74) is 23.8. The first kappa shape index (κ1) is 41.3. The highest BCUT2D eigenvalue weighted by Gasteiger charge is 2.41. The van der Waals surface area contributed by atoms with Crippen LogP contribution in [0.15, 0.2) is 247 Å². The Bertz CT molecular complexity index is 4080. The smallest absolute Gasteiger partial charge is 0.143 e. The highest BCUT2D eigenvalue weighted by Crippen LogP contribution is 2.55. The molecule has 0 spiro atoms. The van der Waals surface area contributed by atoms with E-state index in [1.807, 2.05) is 0 Å². The van der Waals surface area contributed by atoms with Crippen molar-refractivity contribution in [2.45, 2.75) is 31.6 Å².